The summed E-state index contributed by atoms with van der Waals surface area (Å²) in [5.74, 6) is -2.06. The first-order valence-electron chi connectivity index (χ1n) is 4.72. The molecule has 84 valence electrons. The summed E-state index contributed by atoms with van der Waals surface area (Å²) in [6.45, 7) is 0.753. The lowest BCUT2D eigenvalue weighted by Gasteiger charge is -2.29. The van der Waals surface area contributed by atoms with Crippen LogP contribution < -0.4 is 5.73 Å². The first kappa shape index (κ1) is 11.5. The SMILES string of the molecule is COC(=O)C(=O)N1CCC(C(N)=O)CC1. The van der Waals surface area contributed by atoms with Crippen molar-refractivity contribution < 1.29 is 19.1 Å². The molecule has 0 aromatic rings. The molecule has 1 rings (SSSR count). The van der Waals surface area contributed by atoms with E-state index < -0.39 is 11.9 Å². The molecule has 15 heavy (non-hydrogen) atoms. The van der Waals surface area contributed by atoms with Gasteiger partial charge in [-0.25, -0.2) is 4.79 Å². The van der Waals surface area contributed by atoms with Crippen LogP contribution in [0.5, 0.6) is 0 Å². The highest BCUT2D eigenvalue weighted by atomic mass is 16.5. The van der Waals surface area contributed by atoms with Crippen LogP contribution >= 0.6 is 0 Å². The molecule has 1 fully saturated rings. The fourth-order valence-corrected chi connectivity index (χ4v) is 1.58. The van der Waals surface area contributed by atoms with Gasteiger partial charge >= 0.3 is 11.9 Å². The van der Waals surface area contributed by atoms with Gasteiger partial charge in [-0.2, -0.15) is 0 Å². The van der Waals surface area contributed by atoms with Crippen LogP contribution in [0.15, 0.2) is 0 Å². The zero-order valence-corrected chi connectivity index (χ0v) is 8.56. The predicted octanol–water partition coefficient (Wildman–Crippen LogP) is -1.12. The Bertz CT molecular complexity index is 282. The number of likely N-dealkylation sites (tertiary alicyclic amines) is 1. The zero-order chi connectivity index (χ0) is 11.4. The quantitative estimate of drug-likeness (QED) is 0.442. The second-order valence-corrected chi connectivity index (χ2v) is 3.46. The summed E-state index contributed by atoms with van der Waals surface area (Å²) < 4.78 is 4.32. The second kappa shape index (κ2) is 4.77. The Labute approximate surface area is 87.4 Å². The van der Waals surface area contributed by atoms with Gasteiger partial charge in [-0.05, 0) is 12.8 Å². The Balaban J connectivity index is 2.47. The summed E-state index contributed by atoms with van der Waals surface area (Å²) in [6, 6.07) is 0. The van der Waals surface area contributed by atoms with Crippen LogP contribution in [0.1, 0.15) is 12.8 Å². The normalized spacial score (nSPS) is 17.3. The number of carbonyl (C=O) groups is 3. The summed E-state index contributed by atoms with van der Waals surface area (Å²) >= 11 is 0. The predicted molar refractivity (Wildman–Crippen MR) is 50.5 cm³/mol. The molecule has 1 aliphatic rings. The van der Waals surface area contributed by atoms with Crippen LogP contribution in [-0.4, -0.2) is 42.9 Å². The average Bonchev–Trinajstić information content (AvgIpc) is 2.27. The van der Waals surface area contributed by atoms with E-state index in [1.165, 1.54) is 4.90 Å². The lowest BCUT2D eigenvalue weighted by molar-refractivity contribution is -0.159. The highest BCUT2D eigenvalue weighted by molar-refractivity contribution is 6.32. The van der Waals surface area contributed by atoms with Gasteiger partial charge in [0.15, 0.2) is 0 Å². The largest absolute Gasteiger partial charge is 0.462 e. The van der Waals surface area contributed by atoms with Gasteiger partial charge < -0.3 is 15.4 Å². The van der Waals surface area contributed by atoms with Crippen molar-refractivity contribution in [2.75, 3.05) is 20.2 Å². The Morgan fingerprint density at radius 2 is 1.80 bits per heavy atom. The zero-order valence-electron chi connectivity index (χ0n) is 8.56. The molecule has 0 aromatic carbocycles. The molecule has 2 N–H and O–H groups in total. The molecule has 0 aromatic heterocycles. The first-order chi connectivity index (χ1) is 7.06. The van der Waals surface area contributed by atoms with E-state index in [-0.39, 0.29) is 11.8 Å². The van der Waals surface area contributed by atoms with E-state index in [2.05, 4.69) is 4.74 Å². The van der Waals surface area contributed by atoms with Crippen molar-refractivity contribution in [3.05, 3.63) is 0 Å². The molecule has 0 saturated carbocycles. The molecule has 2 amide bonds. The van der Waals surface area contributed by atoms with Gasteiger partial charge in [0, 0.05) is 19.0 Å². The van der Waals surface area contributed by atoms with E-state index in [1.807, 2.05) is 0 Å². The Morgan fingerprint density at radius 3 is 2.20 bits per heavy atom. The molecule has 0 bridgehead atoms. The van der Waals surface area contributed by atoms with Crippen LogP contribution in [0.3, 0.4) is 0 Å². The average molecular weight is 214 g/mol. The molecule has 0 aliphatic carbocycles. The summed E-state index contributed by atoms with van der Waals surface area (Å²) in [4.78, 5) is 34.5. The lowest BCUT2D eigenvalue weighted by Crippen LogP contribution is -2.44. The van der Waals surface area contributed by atoms with Gasteiger partial charge in [0.05, 0.1) is 7.11 Å². The molecular weight excluding hydrogens is 200 g/mol. The number of methoxy groups -OCH3 is 1. The van der Waals surface area contributed by atoms with E-state index >= 15 is 0 Å². The van der Waals surface area contributed by atoms with Crippen molar-refractivity contribution in [3.63, 3.8) is 0 Å². The van der Waals surface area contributed by atoms with E-state index in [0.29, 0.717) is 25.9 Å². The maximum Gasteiger partial charge on any atom is 0.396 e. The van der Waals surface area contributed by atoms with Gasteiger partial charge in [0.2, 0.25) is 5.91 Å². The molecular formula is C9H14N2O4. The van der Waals surface area contributed by atoms with Gasteiger partial charge in [-0.15, -0.1) is 0 Å². The molecule has 0 atom stereocenters. The molecule has 0 radical (unpaired) electrons. The summed E-state index contributed by atoms with van der Waals surface area (Å²) in [6.07, 6.45) is 1.02. The minimum absolute atomic E-state index is 0.188. The van der Waals surface area contributed by atoms with Crippen LogP contribution in [0.25, 0.3) is 0 Å². The van der Waals surface area contributed by atoms with Gasteiger partial charge in [0.25, 0.3) is 0 Å². The van der Waals surface area contributed by atoms with Crippen molar-refractivity contribution >= 4 is 17.8 Å². The number of piperidine rings is 1. The third kappa shape index (κ3) is 2.68. The second-order valence-electron chi connectivity index (χ2n) is 3.46. The fraction of sp³-hybridized carbons (Fsp3) is 0.667. The van der Waals surface area contributed by atoms with Crippen molar-refractivity contribution in [1.29, 1.82) is 0 Å². The minimum Gasteiger partial charge on any atom is -0.462 e. The number of esters is 1. The van der Waals surface area contributed by atoms with Gasteiger partial charge in [-0.1, -0.05) is 0 Å². The summed E-state index contributed by atoms with van der Waals surface area (Å²) in [5, 5.41) is 0. The molecule has 1 aliphatic heterocycles. The van der Waals surface area contributed by atoms with Crippen LogP contribution in [-0.2, 0) is 19.1 Å². The van der Waals surface area contributed by atoms with Crippen molar-refractivity contribution in [1.82, 2.24) is 4.90 Å². The van der Waals surface area contributed by atoms with Crippen LogP contribution in [0.4, 0.5) is 0 Å². The summed E-state index contributed by atoms with van der Waals surface area (Å²) in [7, 11) is 1.16. The third-order valence-electron chi connectivity index (χ3n) is 2.54. The van der Waals surface area contributed by atoms with E-state index in [0.717, 1.165) is 7.11 Å². The highest BCUT2D eigenvalue weighted by Gasteiger charge is 2.29. The van der Waals surface area contributed by atoms with Gasteiger partial charge in [-0.3, -0.25) is 9.59 Å². The van der Waals surface area contributed by atoms with E-state index in [4.69, 9.17) is 5.73 Å². The Morgan fingerprint density at radius 1 is 1.27 bits per heavy atom. The molecule has 1 heterocycles. The third-order valence-corrected chi connectivity index (χ3v) is 2.54. The lowest BCUT2D eigenvalue weighted by atomic mass is 9.96. The fourth-order valence-electron chi connectivity index (χ4n) is 1.58. The first-order valence-corrected chi connectivity index (χ1v) is 4.72. The number of hydrogen-bond donors (Lipinski definition) is 1. The Kier molecular flexibility index (Phi) is 3.65. The maximum absolute atomic E-state index is 11.3. The summed E-state index contributed by atoms with van der Waals surface area (Å²) in [5.41, 5.74) is 5.14. The number of rotatable bonds is 1. The Hall–Kier alpha value is -1.59. The number of nitrogens with two attached hydrogens (primary N) is 1. The molecule has 1 saturated heterocycles. The van der Waals surface area contributed by atoms with Crippen LogP contribution in [0.2, 0.25) is 0 Å². The number of amides is 2. The number of primary amides is 1. The minimum atomic E-state index is -0.868. The van der Waals surface area contributed by atoms with E-state index in [1.54, 1.807) is 0 Å². The molecule has 6 heteroatoms. The number of ether oxygens (including phenoxy) is 1. The molecule has 0 unspecified atom stereocenters. The smallest absolute Gasteiger partial charge is 0.396 e. The van der Waals surface area contributed by atoms with Crippen molar-refractivity contribution in [2.24, 2.45) is 11.7 Å². The van der Waals surface area contributed by atoms with Crippen molar-refractivity contribution in [2.45, 2.75) is 12.8 Å². The maximum atomic E-state index is 11.3. The number of hydrogen-bond acceptors (Lipinski definition) is 4. The van der Waals surface area contributed by atoms with Gasteiger partial charge in [0.1, 0.15) is 0 Å². The number of nitrogens with zero attached hydrogens (tertiary/aromatic N) is 1. The highest BCUT2D eigenvalue weighted by Crippen LogP contribution is 2.16. The van der Waals surface area contributed by atoms with E-state index in [9.17, 15) is 14.4 Å². The standard InChI is InChI=1S/C9H14N2O4/c1-15-9(14)8(13)11-4-2-6(3-5-11)7(10)12/h6H,2-5H2,1H3,(H2,10,12). The topological polar surface area (TPSA) is 89.7 Å². The van der Waals surface area contributed by atoms with Crippen molar-refractivity contribution in [3.8, 4) is 0 Å². The number of carbonyl (C=O) groups excluding carboxylic acids is 3. The van der Waals surface area contributed by atoms with Crippen LogP contribution in [0, 0.1) is 5.92 Å². The molecule has 6 nitrogen and oxygen atoms in total. The monoisotopic (exact) mass is 214 g/mol. The molecule has 0 spiro atoms.